The lowest BCUT2D eigenvalue weighted by Gasteiger charge is -2.21. The number of alkyl halides is 1. The molecule has 11 heteroatoms. The average Bonchev–Trinajstić information content (AvgIpc) is 2.76. The Hall–Kier alpha value is -1.27. The number of amides is 2. The number of aliphatic hydroxyl groups is 1. The van der Waals surface area contributed by atoms with E-state index >= 15 is 0 Å². The molecule has 0 bridgehead atoms. The molecule has 0 radical (unpaired) electrons. The van der Waals surface area contributed by atoms with E-state index < -0.39 is 12.3 Å². The summed E-state index contributed by atoms with van der Waals surface area (Å²) in [5, 5.41) is 14.8. The molecule has 0 aromatic carbocycles. The monoisotopic (exact) mass is 498 g/mol. The Balaban J connectivity index is 3.67. The Kier molecular flexibility index (Phi) is 18.8. The third-order valence-electron chi connectivity index (χ3n) is 3.89. The summed E-state index contributed by atoms with van der Waals surface area (Å²) >= 11 is 3.07. The Morgan fingerprint density at radius 1 is 1.03 bits per heavy atom. The van der Waals surface area contributed by atoms with E-state index in [1.807, 2.05) is 6.92 Å². The van der Waals surface area contributed by atoms with Crippen LogP contribution < -0.4 is 10.6 Å². The molecule has 176 valence electrons. The minimum Gasteiger partial charge on any atom is -0.463 e. The highest BCUT2D eigenvalue weighted by atomic mass is 79.9. The number of carbonyl (C=O) groups is 3. The molecule has 2 unspecified atom stereocenters. The topological polar surface area (TPSA) is 132 Å². The molecule has 0 aromatic rings. The number of aliphatic hydroxyl groups excluding tert-OH is 1. The fraction of sp³-hybridized carbons (Fsp3) is 0.842. The van der Waals surface area contributed by atoms with Crippen LogP contribution >= 0.6 is 15.9 Å². The number of methoxy groups -OCH3 is 1. The largest absolute Gasteiger partial charge is 0.463 e. The fourth-order valence-electron chi connectivity index (χ4n) is 2.16. The van der Waals surface area contributed by atoms with Crippen LogP contribution in [0, 0.1) is 0 Å². The number of rotatable bonds is 19. The number of carbonyl (C=O) groups excluding carboxylic acids is 3. The quantitative estimate of drug-likeness (QED) is 0.101. The number of nitrogens with one attached hydrogen (secondary N) is 2. The number of hydrogen-bond acceptors (Lipinski definition) is 8. The molecule has 0 aliphatic rings. The van der Waals surface area contributed by atoms with E-state index in [9.17, 15) is 14.4 Å². The summed E-state index contributed by atoms with van der Waals surface area (Å²) in [5.74, 6) is -0.769. The Morgan fingerprint density at radius 2 is 1.67 bits per heavy atom. The molecule has 0 spiro atoms. The van der Waals surface area contributed by atoms with E-state index in [-0.39, 0.29) is 44.0 Å². The molecular weight excluding hydrogens is 464 g/mol. The molecule has 0 saturated heterocycles. The Morgan fingerprint density at radius 3 is 2.20 bits per heavy atom. The van der Waals surface area contributed by atoms with Crippen molar-refractivity contribution in [2.45, 2.75) is 51.4 Å². The number of hydrogen-bond donors (Lipinski definition) is 3. The molecule has 0 aliphatic carbocycles. The third kappa shape index (κ3) is 16.5. The van der Waals surface area contributed by atoms with Gasteiger partial charge in [-0.15, -0.1) is 0 Å². The van der Waals surface area contributed by atoms with Crippen LogP contribution in [0.2, 0.25) is 0 Å². The van der Waals surface area contributed by atoms with Gasteiger partial charge in [0, 0.05) is 39.8 Å². The minimum absolute atomic E-state index is 0.0212. The highest BCUT2D eigenvalue weighted by molar-refractivity contribution is 9.09. The molecule has 0 aliphatic heterocycles. The Labute approximate surface area is 186 Å². The van der Waals surface area contributed by atoms with Crippen LogP contribution in [0.25, 0.3) is 0 Å². The zero-order valence-electron chi connectivity index (χ0n) is 17.8. The maximum absolute atomic E-state index is 11.8. The van der Waals surface area contributed by atoms with Crippen molar-refractivity contribution in [1.29, 1.82) is 0 Å². The van der Waals surface area contributed by atoms with E-state index in [0.717, 1.165) is 6.42 Å². The first-order valence-electron chi connectivity index (χ1n) is 10.1. The van der Waals surface area contributed by atoms with Crippen LogP contribution in [0.15, 0.2) is 0 Å². The first kappa shape index (κ1) is 28.7. The van der Waals surface area contributed by atoms with Crippen LogP contribution in [0.4, 0.5) is 0 Å². The van der Waals surface area contributed by atoms with Gasteiger partial charge < -0.3 is 34.7 Å². The van der Waals surface area contributed by atoms with Crippen LogP contribution in [-0.2, 0) is 33.3 Å². The highest BCUT2D eigenvalue weighted by Crippen LogP contribution is 2.05. The number of halogens is 1. The fourth-order valence-corrected chi connectivity index (χ4v) is 2.35. The molecule has 0 saturated carbocycles. The normalized spacial score (nSPS) is 12.8. The summed E-state index contributed by atoms with van der Waals surface area (Å²) < 4.78 is 20.9. The highest BCUT2D eigenvalue weighted by Gasteiger charge is 2.16. The van der Waals surface area contributed by atoms with Crippen molar-refractivity contribution in [2.24, 2.45) is 0 Å². The summed E-state index contributed by atoms with van der Waals surface area (Å²) in [6, 6.07) is 0. The van der Waals surface area contributed by atoms with Gasteiger partial charge in [0.15, 0.2) is 6.29 Å². The van der Waals surface area contributed by atoms with E-state index in [0.29, 0.717) is 44.5 Å². The molecule has 0 fully saturated rings. The van der Waals surface area contributed by atoms with Gasteiger partial charge in [-0.2, -0.15) is 0 Å². The molecular formula is C19H35BrN2O8. The Bertz CT molecular complexity index is 477. The predicted octanol–water partition coefficient (Wildman–Crippen LogP) is 0.494. The van der Waals surface area contributed by atoms with Crippen LogP contribution in [0.5, 0.6) is 0 Å². The van der Waals surface area contributed by atoms with E-state index in [1.165, 1.54) is 7.11 Å². The van der Waals surface area contributed by atoms with Crippen molar-refractivity contribution < 1.29 is 38.4 Å². The smallest absolute Gasteiger partial charge is 0.306 e. The van der Waals surface area contributed by atoms with Gasteiger partial charge in [0.2, 0.25) is 11.8 Å². The molecule has 30 heavy (non-hydrogen) atoms. The van der Waals surface area contributed by atoms with Crippen molar-refractivity contribution in [1.82, 2.24) is 10.6 Å². The predicted molar refractivity (Wildman–Crippen MR) is 113 cm³/mol. The van der Waals surface area contributed by atoms with Crippen molar-refractivity contribution in [3.05, 3.63) is 0 Å². The van der Waals surface area contributed by atoms with Gasteiger partial charge >= 0.3 is 5.97 Å². The van der Waals surface area contributed by atoms with Crippen LogP contribution in [0.1, 0.15) is 39.0 Å². The molecule has 3 N–H and O–H groups in total. The van der Waals surface area contributed by atoms with Gasteiger partial charge in [0.05, 0.1) is 24.5 Å². The summed E-state index contributed by atoms with van der Waals surface area (Å²) in [6.45, 7) is 3.67. The van der Waals surface area contributed by atoms with E-state index in [4.69, 9.17) is 24.1 Å². The second kappa shape index (κ2) is 19.7. The van der Waals surface area contributed by atoms with Gasteiger partial charge in [-0.25, -0.2) is 0 Å². The maximum Gasteiger partial charge on any atom is 0.306 e. The second-order valence-electron chi connectivity index (χ2n) is 6.35. The lowest BCUT2D eigenvalue weighted by Crippen LogP contribution is -2.30. The third-order valence-corrected chi connectivity index (χ3v) is 4.40. The molecule has 2 atom stereocenters. The van der Waals surface area contributed by atoms with Gasteiger partial charge in [0.25, 0.3) is 0 Å². The molecule has 0 heterocycles. The molecule has 10 nitrogen and oxygen atoms in total. The van der Waals surface area contributed by atoms with Crippen molar-refractivity contribution in [3.8, 4) is 0 Å². The second-order valence-corrected chi connectivity index (χ2v) is 6.91. The van der Waals surface area contributed by atoms with E-state index in [2.05, 4.69) is 26.6 Å². The molecule has 0 rings (SSSR count). The molecule has 2 amide bonds. The number of ether oxygens (including phenoxy) is 4. The maximum atomic E-state index is 11.8. The lowest BCUT2D eigenvalue weighted by molar-refractivity contribution is -0.188. The summed E-state index contributed by atoms with van der Waals surface area (Å²) in [5.41, 5.74) is 0. The summed E-state index contributed by atoms with van der Waals surface area (Å²) in [6.07, 6.45) is 0.841. The first-order chi connectivity index (χ1) is 14.5. The van der Waals surface area contributed by atoms with Crippen molar-refractivity contribution in [2.75, 3.05) is 52.0 Å². The average molecular weight is 499 g/mol. The van der Waals surface area contributed by atoms with Crippen LogP contribution in [-0.4, -0.2) is 87.2 Å². The zero-order valence-corrected chi connectivity index (χ0v) is 19.4. The summed E-state index contributed by atoms with van der Waals surface area (Å²) in [4.78, 5) is 34.5. The van der Waals surface area contributed by atoms with Crippen molar-refractivity contribution in [3.63, 3.8) is 0 Å². The van der Waals surface area contributed by atoms with Gasteiger partial charge in [-0.1, -0.05) is 22.9 Å². The van der Waals surface area contributed by atoms with Gasteiger partial charge in [-0.05, 0) is 19.3 Å². The lowest BCUT2D eigenvalue weighted by atomic mass is 10.2. The summed E-state index contributed by atoms with van der Waals surface area (Å²) in [7, 11) is 1.41. The first-order valence-corrected chi connectivity index (χ1v) is 11.2. The minimum atomic E-state index is -0.761. The standard InChI is InChI=1S/C19H35BrN2O8/c1-3-15(30-19(13-23)27-2)14-29-18(26)7-6-16(24)21-8-4-10-28-11-5-9-22-17(25)12-20/h15,19,23H,3-14H2,1-2H3,(H,21,24)(H,22,25). The SMILES string of the molecule is CCC(COC(=O)CCC(=O)NCCCOCCCNC(=O)CBr)OC(CO)OC. The van der Waals surface area contributed by atoms with Gasteiger partial charge in [-0.3, -0.25) is 14.4 Å². The van der Waals surface area contributed by atoms with Gasteiger partial charge in [0.1, 0.15) is 6.61 Å². The van der Waals surface area contributed by atoms with Crippen LogP contribution in [0.3, 0.4) is 0 Å². The van der Waals surface area contributed by atoms with E-state index in [1.54, 1.807) is 0 Å². The molecule has 0 aromatic heterocycles. The number of esters is 1. The zero-order chi connectivity index (χ0) is 22.6. The van der Waals surface area contributed by atoms with Crippen molar-refractivity contribution >= 4 is 33.7 Å².